The first-order chi connectivity index (χ1) is 6.09. The molecule has 0 aliphatic carbocycles. The van der Waals surface area contributed by atoms with Crippen LogP contribution in [-0.4, -0.2) is 41.8 Å². The molecule has 1 heterocycles. The van der Waals surface area contributed by atoms with Gasteiger partial charge in [0.2, 0.25) is 5.13 Å². The van der Waals surface area contributed by atoms with Crippen LogP contribution in [0.15, 0.2) is 0 Å². The van der Waals surface area contributed by atoms with E-state index in [4.69, 9.17) is 12.2 Å². The van der Waals surface area contributed by atoms with E-state index in [1.54, 1.807) is 0 Å². The third kappa shape index (κ3) is 3.41. The second kappa shape index (κ2) is 4.69. The van der Waals surface area contributed by atoms with E-state index in [-0.39, 0.29) is 0 Å². The first kappa shape index (κ1) is 10.6. The molecule has 0 amide bonds. The Morgan fingerprint density at radius 1 is 1.69 bits per heavy atom. The molecule has 0 spiro atoms. The van der Waals surface area contributed by atoms with Crippen LogP contribution in [0.2, 0.25) is 0 Å². The molecule has 0 aromatic carbocycles. The number of rotatable bonds is 4. The van der Waals surface area contributed by atoms with Crippen LogP contribution in [0.5, 0.6) is 0 Å². The Balaban J connectivity index is 2.39. The number of nitrogens with one attached hydrogen (secondary N) is 2. The number of nitrogens with zero attached hydrogens (tertiary/aromatic N) is 2. The van der Waals surface area contributed by atoms with Crippen molar-refractivity contribution in [3.05, 3.63) is 3.95 Å². The Kier molecular flexibility index (Phi) is 3.83. The summed E-state index contributed by atoms with van der Waals surface area (Å²) in [5.41, 5.74) is 0. The average Bonchev–Trinajstić information content (AvgIpc) is 2.47. The maximum Gasteiger partial charge on any atom is 0.204 e. The fourth-order valence-electron chi connectivity index (χ4n) is 0.723. The number of hydrogen-bond donors (Lipinski definition) is 2. The number of aromatic amines is 1. The van der Waals surface area contributed by atoms with Gasteiger partial charge >= 0.3 is 0 Å². The van der Waals surface area contributed by atoms with Crippen molar-refractivity contribution in [2.45, 2.75) is 13.0 Å². The molecule has 0 aliphatic rings. The number of hydrogen-bond acceptors (Lipinski definition) is 5. The van der Waals surface area contributed by atoms with E-state index in [0.29, 0.717) is 10.00 Å². The van der Waals surface area contributed by atoms with Crippen LogP contribution in [0.4, 0.5) is 5.13 Å². The Morgan fingerprint density at radius 3 is 2.85 bits per heavy atom. The molecule has 1 unspecified atom stereocenters. The fraction of sp³-hybridized carbons (Fsp3) is 0.714. The molecule has 2 N–H and O–H groups in total. The van der Waals surface area contributed by atoms with Gasteiger partial charge in [-0.25, -0.2) is 0 Å². The highest BCUT2D eigenvalue weighted by Crippen LogP contribution is 2.10. The van der Waals surface area contributed by atoms with Gasteiger partial charge in [0.25, 0.3) is 0 Å². The van der Waals surface area contributed by atoms with Gasteiger partial charge < -0.3 is 10.2 Å². The smallest absolute Gasteiger partial charge is 0.204 e. The lowest BCUT2D eigenvalue weighted by Crippen LogP contribution is -2.31. The summed E-state index contributed by atoms with van der Waals surface area (Å²) in [4.78, 5) is 2.15. The number of H-pyrrole nitrogens is 1. The van der Waals surface area contributed by atoms with Gasteiger partial charge in [-0.1, -0.05) is 11.3 Å². The van der Waals surface area contributed by atoms with E-state index in [9.17, 15) is 0 Å². The van der Waals surface area contributed by atoms with Crippen LogP contribution in [0.25, 0.3) is 0 Å². The minimum absolute atomic E-state index is 0.484. The van der Waals surface area contributed by atoms with Gasteiger partial charge in [0.1, 0.15) is 0 Å². The standard InChI is InChI=1S/C7H14N4S2/c1-5(11(2)3)4-8-6-9-10-7(12)13-6/h5H,4H2,1-3H3,(H,8,9)(H,10,12). The quantitative estimate of drug-likeness (QED) is 0.753. The van der Waals surface area contributed by atoms with Crippen molar-refractivity contribution in [3.63, 3.8) is 0 Å². The molecular formula is C7H14N4S2. The third-order valence-electron chi connectivity index (χ3n) is 1.87. The van der Waals surface area contributed by atoms with Gasteiger partial charge in [-0.2, -0.15) is 0 Å². The van der Waals surface area contributed by atoms with Gasteiger partial charge in [0, 0.05) is 12.6 Å². The lowest BCUT2D eigenvalue weighted by molar-refractivity contribution is 0.326. The highest BCUT2D eigenvalue weighted by molar-refractivity contribution is 7.73. The van der Waals surface area contributed by atoms with E-state index in [2.05, 4.69) is 41.4 Å². The van der Waals surface area contributed by atoms with Crippen molar-refractivity contribution in [2.75, 3.05) is 26.0 Å². The zero-order valence-electron chi connectivity index (χ0n) is 8.00. The normalized spacial score (nSPS) is 13.2. The van der Waals surface area contributed by atoms with Gasteiger partial charge in [-0.05, 0) is 33.2 Å². The van der Waals surface area contributed by atoms with Crippen molar-refractivity contribution in [3.8, 4) is 0 Å². The zero-order chi connectivity index (χ0) is 9.84. The average molecular weight is 218 g/mol. The summed E-state index contributed by atoms with van der Waals surface area (Å²) in [6.45, 7) is 3.03. The molecule has 0 bridgehead atoms. The minimum Gasteiger partial charge on any atom is -0.359 e. The molecule has 4 nitrogen and oxygen atoms in total. The molecular weight excluding hydrogens is 204 g/mol. The first-order valence-electron chi connectivity index (χ1n) is 4.05. The summed E-state index contributed by atoms with van der Waals surface area (Å²) in [6, 6.07) is 0.484. The van der Waals surface area contributed by atoms with Crippen molar-refractivity contribution in [2.24, 2.45) is 0 Å². The molecule has 1 aromatic rings. The molecule has 13 heavy (non-hydrogen) atoms. The lowest BCUT2D eigenvalue weighted by Gasteiger charge is -2.19. The second-order valence-electron chi connectivity index (χ2n) is 3.11. The monoisotopic (exact) mass is 218 g/mol. The second-order valence-corrected chi connectivity index (χ2v) is 4.78. The number of anilines is 1. The summed E-state index contributed by atoms with van der Waals surface area (Å²) in [5.74, 6) is 0. The number of aromatic nitrogens is 2. The summed E-state index contributed by atoms with van der Waals surface area (Å²) in [7, 11) is 4.11. The first-order valence-corrected chi connectivity index (χ1v) is 5.28. The zero-order valence-corrected chi connectivity index (χ0v) is 9.63. The Morgan fingerprint density at radius 2 is 2.38 bits per heavy atom. The molecule has 0 saturated heterocycles. The van der Waals surface area contributed by atoms with Crippen LogP contribution >= 0.6 is 23.6 Å². The van der Waals surface area contributed by atoms with Crippen molar-refractivity contribution < 1.29 is 0 Å². The topological polar surface area (TPSA) is 44.0 Å². The summed E-state index contributed by atoms with van der Waals surface area (Å²) in [6.07, 6.45) is 0. The highest BCUT2D eigenvalue weighted by Gasteiger charge is 2.04. The minimum atomic E-state index is 0.484. The van der Waals surface area contributed by atoms with E-state index >= 15 is 0 Å². The van der Waals surface area contributed by atoms with E-state index in [1.165, 1.54) is 11.3 Å². The Bertz CT molecular complexity index is 303. The van der Waals surface area contributed by atoms with E-state index in [0.717, 1.165) is 11.7 Å². The Labute approximate surface area is 87.0 Å². The molecule has 1 rings (SSSR count). The van der Waals surface area contributed by atoms with Crippen LogP contribution in [0.1, 0.15) is 6.92 Å². The van der Waals surface area contributed by atoms with Gasteiger partial charge in [0.15, 0.2) is 3.95 Å². The van der Waals surface area contributed by atoms with Crippen LogP contribution < -0.4 is 5.32 Å². The summed E-state index contributed by atoms with van der Waals surface area (Å²) < 4.78 is 0.708. The van der Waals surface area contributed by atoms with Gasteiger partial charge in [-0.15, -0.1) is 5.10 Å². The molecule has 0 saturated carbocycles. The predicted molar refractivity (Wildman–Crippen MR) is 58.9 cm³/mol. The van der Waals surface area contributed by atoms with E-state index < -0.39 is 0 Å². The molecule has 0 fully saturated rings. The van der Waals surface area contributed by atoms with Crippen molar-refractivity contribution >= 4 is 28.7 Å². The van der Waals surface area contributed by atoms with Crippen LogP contribution in [0, 0.1) is 3.95 Å². The van der Waals surface area contributed by atoms with Crippen LogP contribution in [0.3, 0.4) is 0 Å². The Hall–Kier alpha value is -0.460. The SMILES string of the molecule is CC(CNc1n[nH]c(=S)s1)N(C)C. The maximum absolute atomic E-state index is 4.91. The van der Waals surface area contributed by atoms with Gasteiger partial charge in [-0.3, -0.25) is 5.10 Å². The third-order valence-corrected chi connectivity index (χ3v) is 2.92. The molecule has 1 aromatic heterocycles. The highest BCUT2D eigenvalue weighted by atomic mass is 32.1. The lowest BCUT2D eigenvalue weighted by atomic mass is 10.3. The maximum atomic E-state index is 4.91. The number of likely N-dealkylation sites (N-methyl/N-ethyl adjacent to an activating group) is 1. The van der Waals surface area contributed by atoms with Crippen LogP contribution in [-0.2, 0) is 0 Å². The molecule has 6 heteroatoms. The molecule has 74 valence electrons. The summed E-state index contributed by atoms with van der Waals surface area (Å²) >= 11 is 6.37. The van der Waals surface area contributed by atoms with Crippen molar-refractivity contribution in [1.29, 1.82) is 0 Å². The molecule has 0 radical (unpaired) electrons. The molecule has 0 aliphatic heterocycles. The van der Waals surface area contributed by atoms with Crippen molar-refractivity contribution in [1.82, 2.24) is 15.1 Å². The predicted octanol–water partition coefficient (Wildman–Crippen LogP) is 1.56. The fourth-order valence-corrected chi connectivity index (χ4v) is 1.52. The van der Waals surface area contributed by atoms with Gasteiger partial charge in [0.05, 0.1) is 0 Å². The largest absolute Gasteiger partial charge is 0.359 e. The summed E-state index contributed by atoms with van der Waals surface area (Å²) in [5, 5.41) is 10.8. The van der Waals surface area contributed by atoms with E-state index in [1.807, 2.05) is 0 Å². The molecule has 1 atom stereocenters.